The van der Waals surface area contributed by atoms with E-state index in [2.05, 4.69) is 14.9 Å². The van der Waals surface area contributed by atoms with Crippen LogP contribution in [-0.2, 0) is 0 Å². The van der Waals surface area contributed by atoms with Crippen LogP contribution in [0.25, 0.3) is 0 Å². The third-order valence-corrected chi connectivity index (χ3v) is 3.67. The third-order valence-electron chi connectivity index (χ3n) is 2.44. The number of rotatable bonds is 1. The average Bonchev–Trinajstić information content (AvgIpc) is 2.50. The van der Waals surface area contributed by atoms with Crippen LogP contribution in [0, 0.1) is 6.92 Å². The van der Waals surface area contributed by atoms with Gasteiger partial charge >= 0.3 is 0 Å². The van der Waals surface area contributed by atoms with Gasteiger partial charge in [-0.1, -0.05) is 0 Å². The molecule has 1 aliphatic heterocycles. The summed E-state index contributed by atoms with van der Waals surface area (Å²) in [5.41, 5.74) is 1.10. The Hall–Kier alpha value is -0.480. The number of halogens is 1. The Labute approximate surface area is 99.2 Å². The summed E-state index contributed by atoms with van der Waals surface area (Å²) in [7, 11) is 0. The maximum Gasteiger partial charge on any atom is 0.224 e. The lowest BCUT2D eigenvalue weighted by Gasteiger charge is -2.22. The number of nitrogens with zero attached hydrogens (tertiary/aromatic N) is 3. The van der Waals surface area contributed by atoms with E-state index >= 15 is 0 Å². The van der Waals surface area contributed by atoms with Crippen molar-refractivity contribution < 1.29 is 0 Å². The topological polar surface area (TPSA) is 29.0 Å². The van der Waals surface area contributed by atoms with Crippen LogP contribution < -0.4 is 4.90 Å². The lowest BCUT2D eigenvalue weighted by atomic mass is 10.3. The van der Waals surface area contributed by atoms with Gasteiger partial charge in [0.1, 0.15) is 5.82 Å². The van der Waals surface area contributed by atoms with Crippen LogP contribution in [0.15, 0.2) is 6.20 Å². The Kier molecular flexibility index (Phi) is 3.70. The largest absolute Gasteiger partial charge is 0.355 e. The normalized spacial score (nSPS) is 17.6. The minimum absolute atomic E-state index is 0.340. The molecule has 82 valence electrons. The smallest absolute Gasteiger partial charge is 0.224 e. The Bertz CT molecular complexity index is 337. The molecule has 1 aromatic heterocycles. The van der Waals surface area contributed by atoms with E-state index in [1.165, 1.54) is 17.9 Å². The molecule has 0 spiro atoms. The molecule has 0 amide bonds. The van der Waals surface area contributed by atoms with Gasteiger partial charge in [0.25, 0.3) is 0 Å². The van der Waals surface area contributed by atoms with Crippen molar-refractivity contribution in [2.45, 2.75) is 13.3 Å². The lowest BCUT2D eigenvalue weighted by molar-refractivity contribution is 0.794. The van der Waals surface area contributed by atoms with E-state index in [9.17, 15) is 0 Å². The second-order valence-electron chi connectivity index (χ2n) is 3.60. The van der Waals surface area contributed by atoms with E-state index < -0.39 is 0 Å². The third kappa shape index (κ3) is 2.75. The predicted octanol–water partition coefficient (Wildman–Crippen LogP) is 2.38. The summed E-state index contributed by atoms with van der Waals surface area (Å²) in [6.45, 7) is 4.16. The van der Waals surface area contributed by atoms with E-state index in [1.54, 1.807) is 6.20 Å². The molecule has 0 N–H and O–H groups in total. The summed E-state index contributed by atoms with van der Waals surface area (Å²) < 4.78 is 0. The number of hydrogen-bond donors (Lipinski definition) is 0. The Morgan fingerprint density at radius 1 is 1.40 bits per heavy atom. The summed E-state index contributed by atoms with van der Waals surface area (Å²) in [5, 5.41) is 0.340. The van der Waals surface area contributed by atoms with Crippen molar-refractivity contribution >= 4 is 29.2 Å². The highest BCUT2D eigenvalue weighted by Crippen LogP contribution is 2.21. The Morgan fingerprint density at radius 2 is 2.27 bits per heavy atom. The summed E-state index contributed by atoms with van der Waals surface area (Å²) >= 11 is 7.83. The molecule has 0 radical (unpaired) electrons. The maximum atomic E-state index is 5.82. The molecule has 1 fully saturated rings. The van der Waals surface area contributed by atoms with Gasteiger partial charge in [-0.15, -0.1) is 0 Å². The van der Waals surface area contributed by atoms with Gasteiger partial charge in [-0.05, 0) is 30.7 Å². The lowest BCUT2D eigenvalue weighted by Crippen LogP contribution is -2.27. The molecule has 1 saturated heterocycles. The molecule has 2 heterocycles. The predicted molar refractivity (Wildman–Crippen MR) is 65.9 cm³/mol. The molecule has 3 nitrogen and oxygen atoms in total. The molecule has 0 atom stereocenters. The van der Waals surface area contributed by atoms with E-state index in [1.807, 2.05) is 18.7 Å². The van der Waals surface area contributed by atoms with E-state index in [0.29, 0.717) is 5.28 Å². The van der Waals surface area contributed by atoms with Crippen LogP contribution in [0.5, 0.6) is 0 Å². The van der Waals surface area contributed by atoms with Gasteiger partial charge in [0.2, 0.25) is 5.28 Å². The maximum absolute atomic E-state index is 5.82. The van der Waals surface area contributed by atoms with Crippen molar-refractivity contribution in [3.63, 3.8) is 0 Å². The number of anilines is 1. The fourth-order valence-electron chi connectivity index (χ4n) is 1.69. The molecule has 0 aliphatic carbocycles. The van der Waals surface area contributed by atoms with Crippen molar-refractivity contribution in [2.24, 2.45) is 0 Å². The highest BCUT2D eigenvalue weighted by Gasteiger charge is 2.14. The molecular formula is C10H14ClN3S. The fraction of sp³-hybridized carbons (Fsp3) is 0.600. The van der Waals surface area contributed by atoms with Crippen molar-refractivity contribution in [3.8, 4) is 0 Å². The summed E-state index contributed by atoms with van der Waals surface area (Å²) in [5.74, 6) is 3.41. The first-order valence-corrected chi connectivity index (χ1v) is 6.62. The Morgan fingerprint density at radius 3 is 3.13 bits per heavy atom. The molecular weight excluding hydrogens is 230 g/mol. The summed E-state index contributed by atoms with van der Waals surface area (Å²) in [6, 6.07) is 0. The quantitative estimate of drug-likeness (QED) is 0.709. The van der Waals surface area contributed by atoms with Gasteiger partial charge in [0.15, 0.2) is 0 Å². The van der Waals surface area contributed by atoms with Crippen LogP contribution in [0.3, 0.4) is 0 Å². The monoisotopic (exact) mass is 243 g/mol. The molecule has 15 heavy (non-hydrogen) atoms. The molecule has 1 aliphatic rings. The zero-order chi connectivity index (χ0) is 10.7. The van der Waals surface area contributed by atoms with Gasteiger partial charge < -0.3 is 4.90 Å². The minimum atomic E-state index is 0.340. The van der Waals surface area contributed by atoms with E-state index in [4.69, 9.17) is 11.6 Å². The highest BCUT2D eigenvalue weighted by molar-refractivity contribution is 7.99. The van der Waals surface area contributed by atoms with Gasteiger partial charge in [0.05, 0.1) is 0 Å². The van der Waals surface area contributed by atoms with Gasteiger partial charge in [-0.2, -0.15) is 11.8 Å². The van der Waals surface area contributed by atoms with Crippen LogP contribution in [0.2, 0.25) is 5.28 Å². The second kappa shape index (κ2) is 5.03. The van der Waals surface area contributed by atoms with Gasteiger partial charge in [0, 0.05) is 30.6 Å². The second-order valence-corrected chi connectivity index (χ2v) is 5.16. The van der Waals surface area contributed by atoms with Crippen molar-refractivity contribution in [2.75, 3.05) is 29.5 Å². The highest BCUT2D eigenvalue weighted by atomic mass is 35.5. The first kappa shape index (κ1) is 11.0. The average molecular weight is 244 g/mol. The molecule has 0 bridgehead atoms. The molecule has 2 rings (SSSR count). The number of aromatic nitrogens is 2. The molecule has 0 unspecified atom stereocenters. The zero-order valence-corrected chi connectivity index (χ0v) is 10.3. The minimum Gasteiger partial charge on any atom is -0.355 e. The molecule has 1 aromatic rings. The fourth-order valence-corrected chi connectivity index (χ4v) is 2.71. The SMILES string of the molecule is Cc1cnc(Cl)nc1N1CCCSCC1. The van der Waals surface area contributed by atoms with Crippen molar-refractivity contribution in [3.05, 3.63) is 17.0 Å². The van der Waals surface area contributed by atoms with Gasteiger partial charge in [-0.3, -0.25) is 0 Å². The standard InChI is InChI=1S/C10H14ClN3S/c1-8-7-12-10(11)13-9(8)14-3-2-5-15-6-4-14/h7H,2-6H2,1H3. The number of aryl methyl sites for hydroxylation is 1. The molecule has 5 heteroatoms. The van der Waals surface area contributed by atoms with Crippen LogP contribution in [-0.4, -0.2) is 34.6 Å². The van der Waals surface area contributed by atoms with E-state index in [0.717, 1.165) is 24.5 Å². The zero-order valence-electron chi connectivity index (χ0n) is 8.74. The van der Waals surface area contributed by atoms with Crippen LogP contribution in [0.4, 0.5) is 5.82 Å². The summed E-state index contributed by atoms with van der Waals surface area (Å²) in [6.07, 6.45) is 3.01. The van der Waals surface area contributed by atoms with Crippen LogP contribution >= 0.6 is 23.4 Å². The first-order chi connectivity index (χ1) is 7.27. The van der Waals surface area contributed by atoms with Gasteiger partial charge in [-0.25, -0.2) is 9.97 Å². The Balaban J connectivity index is 2.22. The van der Waals surface area contributed by atoms with Crippen LogP contribution in [0.1, 0.15) is 12.0 Å². The van der Waals surface area contributed by atoms with Crippen molar-refractivity contribution in [1.29, 1.82) is 0 Å². The molecule has 0 saturated carbocycles. The summed E-state index contributed by atoms with van der Waals surface area (Å²) in [4.78, 5) is 10.6. The first-order valence-electron chi connectivity index (χ1n) is 5.09. The van der Waals surface area contributed by atoms with E-state index in [-0.39, 0.29) is 0 Å². The number of hydrogen-bond acceptors (Lipinski definition) is 4. The van der Waals surface area contributed by atoms with Crippen molar-refractivity contribution in [1.82, 2.24) is 9.97 Å². The number of thioether (sulfide) groups is 1. The molecule has 0 aromatic carbocycles.